The van der Waals surface area contributed by atoms with Gasteiger partial charge in [-0.25, -0.2) is 8.42 Å². The maximum atomic E-state index is 12.9. The molecule has 1 saturated carbocycles. The fourth-order valence-corrected chi connectivity index (χ4v) is 4.75. The third-order valence-corrected chi connectivity index (χ3v) is 7.07. The Morgan fingerprint density at radius 3 is 2.52 bits per heavy atom. The molecule has 2 N–H and O–H groups in total. The highest BCUT2D eigenvalue weighted by atomic mass is 32.2. The van der Waals surface area contributed by atoms with Crippen LogP contribution in [-0.4, -0.2) is 36.0 Å². The molecule has 0 aliphatic heterocycles. The van der Waals surface area contributed by atoms with Crippen molar-refractivity contribution in [3.05, 3.63) is 29.6 Å². The molecular weight excluding hydrogens is 340 g/mol. The predicted molar refractivity (Wildman–Crippen MR) is 94.3 cm³/mol. The van der Waals surface area contributed by atoms with Crippen molar-refractivity contribution in [3.8, 4) is 11.5 Å². The topological polar surface area (TPSA) is 102 Å². The van der Waals surface area contributed by atoms with E-state index in [-0.39, 0.29) is 4.90 Å². The lowest BCUT2D eigenvalue weighted by Gasteiger charge is -2.34. The minimum Gasteiger partial charge on any atom is -0.334 e. The van der Waals surface area contributed by atoms with E-state index in [1.54, 1.807) is 25.1 Å². The Morgan fingerprint density at radius 1 is 1.28 bits per heavy atom. The van der Waals surface area contributed by atoms with Crippen LogP contribution >= 0.6 is 0 Å². The number of aryl methyl sites for hydroxylation is 1. The SMILES string of the molecule is CCN(CC)S(=O)(=O)c1cc(-c2nc(C3(N)CCC3)no2)ccc1C. The number of hydrogen-bond donors (Lipinski definition) is 1. The van der Waals surface area contributed by atoms with Crippen LogP contribution in [0, 0.1) is 6.92 Å². The van der Waals surface area contributed by atoms with Crippen LogP contribution in [0.2, 0.25) is 0 Å². The second-order valence-corrected chi connectivity index (χ2v) is 8.41. The van der Waals surface area contributed by atoms with Gasteiger partial charge in [0, 0.05) is 18.7 Å². The summed E-state index contributed by atoms with van der Waals surface area (Å²) in [5, 5.41) is 4.00. The second kappa shape index (κ2) is 6.51. The maximum absolute atomic E-state index is 12.9. The molecule has 3 rings (SSSR count). The van der Waals surface area contributed by atoms with Crippen molar-refractivity contribution in [2.24, 2.45) is 5.73 Å². The molecule has 0 radical (unpaired) electrons. The summed E-state index contributed by atoms with van der Waals surface area (Å²) in [6, 6.07) is 5.15. The average Bonchev–Trinajstić information content (AvgIpc) is 3.04. The summed E-state index contributed by atoms with van der Waals surface area (Å²) in [6.07, 6.45) is 2.72. The van der Waals surface area contributed by atoms with E-state index < -0.39 is 15.6 Å². The summed E-state index contributed by atoms with van der Waals surface area (Å²) in [4.78, 5) is 4.66. The Balaban J connectivity index is 2.00. The number of aromatic nitrogens is 2. The molecule has 1 aromatic heterocycles. The van der Waals surface area contributed by atoms with Crippen LogP contribution < -0.4 is 5.73 Å². The predicted octanol–water partition coefficient (Wildman–Crippen LogP) is 2.41. The highest BCUT2D eigenvalue weighted by Gasteiger charge is 2.39. The van der Waals surface area contributed by atoms with Crippen molar-refractivity contribution in [3.63, 3.8) is 0 Å². The van der Waals surface area contributed by atoms with Gasteiger partial charge in [-0.3, -0.25) is 0 Å². The summed E-state index contributed by atoms with van der Waals surface area (Å²) in [5.74, 6) is 0.783. The van der Waals surface area contributed by atoms with Crippen LogP contribution in [-0.2, 0) is 15.6 Å². The minimum atomic E-state index is -3.56. The molecule has 0 unspecified atom stereocenters. The molecule has 0 spiro atoms. The molecule has 0 bridgehead atoms. The van der Waals surface area contributed by atoms with Crippen molar-refractivity contribution in [1.29, 1.82) is 0 Å². The molecule has 1 aliphatic rings. The molecule has 1 fully saturated rings. The van der Waals surface area contributed by atoms with Gasteiger partial charge in [0.15, 0.2) is 5.82 Å². The molecular formula is C17H24N4O3S. The van der Waals surface area contributed by atoms with E-state index in [1.165, 1.54) is 4.31 Å². The Kier molecular flexibility index (Phi) is 4.70. The van der Waals surface area contributed by atoms with E-state index >= 15 is 0 Å². The molecule has 0 atom stereocenters. The van der Waals surface area contributed by atoms with E-state index in [0.717, 1.165) is 19.3 Å². The van der Waals surface area contributed by atoms with Crippen molar-refractivity contribution in [1.82, 2.24) is 14.4 Å². The van der Waals surface area contributed by atoms with E-state index in [4.69, 9.17) is 10.3 Å². The fourth-order valence-electron chi connectivity index (χ4n) is 3.04. The molecule has 1 aliphatic carbocycles. The van der Waals surface area contributed by atoms with E-state index in [1.807, 2.05) is 13.8 Å². The Bertz CT molecular complexity index is 868. The quantitative estimate of drug-likeness (QED) is 0.844. The number of nitrogens with two attached hydrogens (primary N) is 1. The third-order valence-electron chi connectivity index (χ3n) is 4.88. The van der Waals surface area contributed by atoms with Crippen LogP contribution in [0.3, 0.4) is 0 Å². The first-order valence-electron chi connectivity index (χ1n) is 8.56. The van der Waals surface area contributed by atoms with E-state index in [9.17, 15) is 8.42 Å². The Hall–Kier alpha value is -1.77. The maximum Gasteiger partial charge on any atom is 0.258 e. The highest BCUT2D eigenvalue weighted by Crippen LogP contribution is 2.38. The molecule has 7 nitrogen and oxygen atoms in total. The molecule has 1 aromatic carbocycles. The van der Waals surface area contributed by atoms with Gasteiger partial charge in [-0.15, -0.1) is 0 Å². The van der Waals surface area contributed by atoms with Gasteiger partial charge in [-0.05, 0) is 43.9 Å². The van der Waals surface area contributed by atoms with E-state index in [0.29, 0.717) is 35.9 Å². The first-order valence-corrected chi connectivity index (χ1v) is 10.00. The zero-order valence-corrected chi connectivity index (χ0v) is 15.6. The van der Waals surface area contributed by atoms with Crippen LogP contribution in [0.5, 0.6) is 0 Å². The van der Waals surface area contributed by atoms with Crippen LogP contribution in [0.4, 0.5) is 0 Å². The first-order chi connectivity index (χ1) is 11.8. The van der Waals surface area contributed by atoms with Gasteiger partial charge < -0.3 is 10.3 Å². The summed E-state index contributed by atoms with van der Waals surface area (Å²) in [6.45, 7) is 6.27. The molecule has 136 valence electrons. The van der Waals surface area contributed by atoms with Crippen molar-refractivity contribution >= 4 is 10.0 Å². The lowest BCUT2D eigenvalue weighted by Crippen LogP contribution is -2.44. The molecule has 1 heterocycles. The Morgan fingerprint density at radius 2 is 1.96 bits per heavy atom. The normalized spacial score (nSPS) is 16.8. The van der Waals surface area contributed by atoms with Crippen molar-refractivity contribution in [2.75, 3.05) is 13.1 Å². The zero-order valence-electron chi connectivity index (χ0n) is 14.8. The fraction of sp³-hybridized carbons (Fsp3) is 0.529. The summed E-state index contributed by atoms with van der Waals surface area (Å²) >= 11 is 0. The van der Waals surface area contributed by atoms with Crippen LogP contribution in [0.1, 0.15) is 44.5 Å². The van der Waals surface area contributed by atoms with Gasteiger partial charge >= 0.3 is 0 Å². The second-order valence-electron chi connectivity index (χ2n) is 6.50. The van der Waals surface area contributed by atoms with Gasteiger partial charge in [0.05, 0.1) is 10.4 Å². The number of hydrogen-bond acceptors (Lipinski definition) is 6. The largest absolute Gasteiger partial charge is 0.334 e. The minimum absolute atomic E-state index is 0.263. The number of rotatable bonds is 6. The van der Waals surface area contributed by atoms with Crippen LogP contribution in [0.15, 0.2) is 27.6 Å². The van der Waals surface area contributed by atoms with Crippen molar-refractivity contribution < 1.29 is 12.9 Å². The van der Waals surface area contributed by atoms with Crippen molar-refractivity contribution in [2.45, 2.75) is 50.5 Å². The van der Waals surface area contributed by atoms with Gasteiger partial charge in [-0.2, -0.15) is 9.29 Å². The first kappa shape index (κ1) is 18.0. The average molecular weight is 364 g/mol. The molecule has 2 aromatic rings. The lowest BCUT2D eigenvalue weighted by atomic mass is 9.77. The molecule has 0 saturated heterocycles. The Labute approximate surface area is 148 Å². The van der Waals surface area contributed by atoms with Crippen LogP contribution in [0.25, 0.3) is 11.5 Å². The van der Waals surface area contributed by atoms with E-state index in [2.05, 4.69) is 10.1 Å². The number of nitrogens with zero attached hydrogens (tertiary/aromatic N) is 3. The summed E-state index contributed by atoms with van der Waals surface area (Å²) in [5.41, 5.74) is 6.98. The zero-order chi connectivity index (χ0) is 18.2. The highest BCUT2D eigenvalue weighted by molar-refractivity contribution is 7.89. The molecule has 8 heteroatoms. The van der Waals surface area contributed by atoms with Gasteiger partial charge in [-0.1, -0.05) is 25.1 Å². The number of benzene rings is 1. The number of sulfonamides is 1. The molecule has 0 amide bonds. The molecule has 25 heavy (non-hydrogen) atoms. The summed E-state index contributed by atoms with van der Waals surface area (Å²) in [7, 11) is -3.56. The lowest BCUT2D eigenvalue weighted by molar-refractivity contribution is 0.229. The van der Waals surface area contributed by atoms with Gasteiger partial charge in [0.2, 0.25) is 10.0 Å². The smallest absolute Gasteiger partial charge is 0.258 e. The standard InChI is InChI=1S/C17H24N4O3S/c1-4-21(5-2)25(22,23)14-11-13(8-7-12(14)3)15-19-16(20-24-15)17(18)9-6-10-17/h7-8,11H,4-6,9-10,18H2,1-3H3. The van der Waals surface area contributed by atoms with Gasteiger partial charge in [0.1, 0.15) is 0 Å². The monoisotopic (exact) mass is 364 g/mol. The third kappa shape index (κ3) is 3.09. The summed E-state index contributed by atoms with van der Waals surface area (Å²) < 4.78 is 32.5. The van der Waals surface area contributed by atoms with Gasteiger partial charge in [0.25, 0.3) is 5.89 Å².